The Hall–Kier alpha value is -1.15. The normalized spacial score (nSPS) is 19.3. The molecule has 1 aliphatic rings. The van der Waals surface area contributed by atoms with Gasteiger partial charge in [-0.25, -0.2) is 0 Å². The lowest BCUT2D eigenvalue weighted by Gasteiger charge is -2.35. The van der Waals surface area contributed by atoms with Crippen molar-refractivity contribution in [2.75, 3.05) is 40.0 Å². The van der Waals surface area contributed by atoms with Crippen molar-refractivity contribution in [3.63, 3.8) is 0 Å². The van der Waals surface area contributed by atoms with Crippen LogP contribution in [0.1, 0.15) is 32.3 Å². The van der Waals surface area contributed by atoms with Gasteiger partial charge in [0.05, 0.1) is 13.2 Å². The fourth-order valence-electron chi connectivity index (χ4n) is 3.25. The van der Waals surface area contributed by atoms with Gasteiger partial charge in [0.2, 0.25) is 0 Å². The van der Waals surface area contributed by atoms with Crippen LogP contribution in [-0.4, -0.2) is 57.0 Å². The van der Waals surface area contributed by atoms with Gasteiger partial charge in [-0.1, -0.05) is 25.1 Å². The lowest BCUT2D eigenvalue weighted by Crippen LogP contribution is -2.48. The summed E-state index contributed by atoms with van der Waals surface area (Å²) < 4.78 is 40.2. The molecule has 1 heterocycles. The summed E-state index contributed by atoms with van der Waals surface area (Å²) in [5.41, 5.74) is 0.889. The van der Waals surface area contributed by atoms with Crippen LogP contribution in [0.5, 0.6) is 5.75 Å². The summed E-state index contributed by atoms with van der Waals surface area (Å²) in [6, 6.07) is 7.62. The highest BCUT2D eigenvalue weighted by Gasteiger charge is 2.33. The summed E-state index contributed by atoms with van der Waals surface area (Å²) >= 11 is 0. The summed E-state index contributed by atoms with van der Waals surface area (Å²) in [6.45, 7) is 6.80. The van der Waals surface area contributed by atoms with E-state index in [-0.39, 0.29) is 5.92 Å². The Bertz CT molecular complexity index is 634. The van der Waals surface area contributed by atoms with Crippen LogP contribution in [0.15, 0.2) is 24.3 Å². The lowest BCUT2D eigenvalue weighted by atomic mass is 10.0. The number of hydrogen-bond acceptors (Lipinski definition) is 4. The molecule has 1 atom stereocenters. The van der Waals surface area contributed by atoms with Crippen molar-refractivity contribution in [2.24, 2.45) is 5.92 Å². The minimum absolute atomic E-state index is 0.267. The largest absolute Gasteiger partial charge is 0.494 e. The molecule has 1 aliphatic heterocycles. The van der Waals surface area contributed by atoms with Crippen LogP contribution in [0.2, 0.25) is 0 Å². The average molecular weight is 371 g/mol. The van der Waals surface area contributed by atoms with Gasteiger partial charge >= 0.3 is 0 Å². The third-order valence-electron chi connectivity index (χ3n) is 4.51. The number of methoxy groups -OCH3 is 1. The highest BCUT2D eigenvalue weighted by Crippen LogP contribution is 2.25. The van der Waals surface area contributed by atoms with E-state index in [9.17, 15) is 8.42 Å². The van der Waals surface area contributed by atoms with Crippen molar-refractivity contribution in [3.05, 3.63) is 29.8 Å². The molecule has 1 fully saturated rings. The van der Waals surface area contributed by atoms with E-state index in [1.807, 2.05) is 38.1 Å². The summed E-state index contributed by atoms with van der Waals surface area (Å²) in [6.07, 6.45) is 1.89. The molecule has 0 N–H and O–H groups in total. The highest BCUT2D eigenvalue weighted by molar-refractivity contribution is 7.86. The zero-order chi connectivity index (χ0) is 18.3. The van der Waals surface area contributed by atoms with Crippen molar-refractivity contribution < 1.29 is 17.9 Å². The standard InChI is InChI=1S/C18H30N2O4S/c1-4-19(14-17-10-6-7-11-18(17)24-5-2)25(21,22)20-12-8-9-16(13-20)15-23-3/h6-7,10-11,16H,4-5,8-9,12-15H2,1-3H3. The third-order valence-corrected chi connectivity index (χ3v) is 6.53. The molecule has 142 valence electrons. The van der Waals surface area contributed by atoms with Gasteiger partial charge in [-0.2, -0.15) is 17.0 Å². The van der Waals surface area contributed by atoms with E-state index in [0.717, 1.165) is 24.2 Å². The summed E-state index contributed by atoms with van der Waals surface area (Å²) in [4.78, 5) is 0. The van der Waals surface area contributed by atoms with Crippen LogP contribution in [0, 0.1) is 5.92 Å². The highest BCUT2D eigenvalue weighted by atomic mass is 32.2. The molecular weight excluding hydrogens is 340 g/mol. The van der Waals surface area contributed by atoms with Crippen LogP contribution >= 0.6 is 0 Å². The van der Waals surface area contributed by atoms with Crippen LogP contribution in [0.3, 0.4) is 0 Å². The number of benzene rings is 1. The molecule has 0 radical (unpaired) electrons. The Morgan fingerprint density at radius 1 is 1.28 bits per heavy atom. The summed E-state index contributed by atoms with van der Waals surface area (Å²) in [5, 5.41) is 0. The quantitative estimate of drug-likeness (QED) is 0.670. The van der Waals surface area contributed by atoms with E-state index < -0.39 is 10.2 Å². The maximum Gasteiger partial charge on any atom is 0.282 e. The molecule has 6 nitrogen and oxygen atoms in total. The van der Waals surface area contributed by atoms with E-state index in [4.69, 9.17) is 9.47 Å². The van der Waals surface area contributed by atoms with Crippen LogP contribution in [0.4, 0.5) is 0 Å². The lowest BCUT2D eigenvalue weighted by molar-refractivity contribution is 0.116. The van der Waals surface area contributed by atoms with Crippen molar-refractivity contribution in [3.8, 4) is 5.75 Å². The zero-order valence-corrected chi connectivity index (χ0v) is 16.3. The van der Waals surface area contributed by atoms with E-state index in [1.54, 1.807) is 11.4 Å². The number of hydrogen-bond donors (Lipinski definition) is 0. The molecule has 0 aliphatic carbocycles. The minimum atomic E-state index is -3.50. The fraction of sp³-hybridized carbons (Fsp3) is 0.667. The second-order valence-corrected chi connectivity index (χ2v) is 8.22. The number of rotatable bonds is 9. The third kappa shape index (κ3) is 5.17. The molecule has 7 heteroatoms. The Kier molecular flexibility index (Phi) is 7.68. The summed E-state index contributed by atoms with van der Waals surface area (Å²) in [5.74, 6) is 1.01. The molecule has 0 spiro atoms. The van der Waals surface area contributed by atoms with Gasteiger partial charge in [-0.15, -0.1) is 0 Å². The van der Waals surface area contributed by atoms with E-state index >= 15 is 0 Å². The molecule has 25 heavy (non-hydrogen) atoms. The van der Waals surface area contributed by atoms with Crippen LogP contribution in [0.25, 0.3) is 0 Å². The molecule has 0 aromatic heterocycles. The fourth-order valence-corrected chi connectivity index (χ4v) is 4.96. The molecule has 1 aromatic rings. The topological polar surface area (TPSA) is 59.1 Å². The molecule has 0 amide bonds. The smallest absolute Gasteiger partial charge is 0.282 e. The maximum absolute atomic E-state index is 13.1. The van der Waals surface area contributed by atoms with Gasteiger partial charge in [0.1, 0.15) is 5.75 Å². The Balaban J connectivity index is 2.15. The molecule has 0 saturated carbocycles. The first-order valence-corrected chi connectivity index (χ1v) is 10.4. The SMILES string of the molecule is CCOc1ccccc1CN(CC)S(=O)(=O)N1CCCC(COC)C1. The first-order valence-electron chi connectivity index (χ1n) is 8.97. The molecule has 0 bridgehead atoms. The maximum atomic E-state index is 13.1. The molecule has 1 saturated heterocycles. The number of para-hydroxylation sites is 1. The van der Waals surface area contributed by atoms with Gasteiger partial charge in [0, 0.05) is 38.9 Å². The van der Waals surface area contributed by atoms with Gasteiger partial charge in [-0.05, 0) is 31.7 Å². The summed E-state index contributed by atoms with van der Waals surface area (Å²) in [7, 11) is -1.84. The average Bonchev–Trinajstić information content (AvgIpc) is 2.61. The van der Waals surface area contributed by atoms with Crippen LogP contribution in [-0.2, 0) is 21.5 Å². The second kappa shape index (κ2) is 9.52. The first kappa shape index (κ1) is 20.2. The Labute approximate surface area is 151 Å². The number of piperidine rings is 1. The molecular formula is C18H30N2O4S. The van der Waals surface area contributed by atoms with Gasteiger partial charge in [0.25, 0.3) is 10.2 Å². The van der Waals surface area contributed by atoms with Crippen LogP contribution < -0.4 is 4.74 Å². The monoisotopic (exact) mass is 370 g/mol. The van der Waals surface area contributed by atoms with Gasteiger partial charge < -0.3 is 9.47 Å². The van der Waals surface area contributed by atoms with Gasteiger partial charge in [-0.3, -0.25) is 0 Å². The number of ether oxygens (including phenoxy) is 2. The first-order chi connectivity index (χ1) is 12.0. The second-order valence-electron chi connectivity index (χ2n) is 6.30. The minimum Gasteiger partial charge on any atom is -0.494 e. The van der Waals surface area contributed by atoms with E-state index in [1.165, 1.54) is 4.31 Å². The number of nitrogens with zero attached hydrogens (tertiary/aromatic N) is 2. The van der Waals surface area contributed by atoms with Crippen molar-refractivity contribution in [1.82, 2.24) is 8.61 Å². The van der Waals surface area contributed by atoms with Crippen molar-refractivity contribution in [1.29, 1.82) is 0 Å². The predicted molar refractivity (Wildman–Crippen MR) is 98.8 cm³/mol. The Morgan fingerprint density at radius 2 is 2.04 bits per heavy atom. The van der Waals surface area contributed by atoms with Crippen molar-refractivity contribution >= 4 is 10.2 Å². The molecule has 1 aromatic carbocycles. The zero-order valence-electron chi connectivity index (χ0n) is 15.5. The predicted octanol–water partition coefficient (Wildman–Crippen LogP) is 2.51. The van der Waals surface area contributed by atoms with Crippen molar-refractivity contribution in [2.45, 2.75) is 33.2 Å². The van der Waals surface area contributed by atoms with E-state index in [2.05, 4.69) is 0 Å². The Morgan fingerprint density at radius 3 is 2.72 bits per heavy atom. The van der Waals surface area contributed by atoms with E-state index in [0.29, 0.717) is 39.4 Å². The molecule has 2 rings (SSSR count). The molecule has 1 unspecified atom stereocenters. The van der Waals surface area contributed by atoms with Gasteiger partial charge in [0.15, 0.2) is 0 Å².